The molecule has 0 bridgehead atoms. The minimum Gasteiger partial charge on any atom is -0.497 e. The molecule has 2 N–H and O–H groups in total. The predicted octanol–water partition coefficient (Wildman–Crippen LogP) is 5.28. The Labute approximate surface area is 256 Å². The number of nitrogens with one attached hydrogen (secondary N) is 2. The van der Waals surface area contributed by atoms with Crippen molar-refractivity contribution in [3.05, 3.63) is 98.5 Å². The lowest BCUT2D eigenvalue weighted by Crippen LogP contribution is -2.32. The predicted molar refractivity (Wildman–Crippen MR) is 157 cm³/mol. The largest absolute Gasteiger partial charge is 0.497 e. The molecule has 2 aliphatic rings. The van der Waals surface area contributed by atoms with E-state index >= 15 is 0 Å². The van der Waals surface area contributed by atoms with Gasteiger partial charge in [-0.05, 0) is 60.2 Å². The number of rotatable bonds is 7. The third kappa shape index (κ3) is 5.57. The fraction of sp³-hybridized carbons (Fsp3) is 0.200. The minimum atomic E-state index is -4.56. The van der Waals surface area contributed by atoms with Crippen LogP contribution in [0.5, 0.6) is 11.5 Å². The summed E-state index contributed by atoms with van der Waals surface area (Å²) in [5, 5.41) is 2.10. The number of thiazole rings is 1. The molecule has 6 rings (SSSR count). The molecule has 3 amide bonds. The number of methoxy groups -OCH3 is 1. The molecule has 0 aliphatic carbocycles. The van der Waals surface area contributed by atoms with E-state index in [2.05, 4.69) is 10.3 Å². The van der Waals surface area contributed by atoms with Crippen LogP contribution < -0.4 is 24.6 Å². The Morgan fingerprint density at radius 3 is 2.45 bits per heavy atom. The van der Waals surface area contributed by atoms with Gasteiger partial charge in [-0.15, -0.1) is 0 Å². The molecule has 1 fully saturated rings. The third-order valence-electron chi connectivity index (χ3n) is 7.22. The number of H-pyrrole nitrogens is 1. The normalized spacial score (nSPS) is 19.4. The molecule has 14 heteroatoms. The molecule has 9 nitrogen and oxygen atoms in total. The van der Waals surface area contributed by atoms with Crippen molar-refractivity contribution in [3.8, 4) is 11.5 Å². The molecule has 2 unspecified atom stereocenters. The van der Waals surface area contributed by atoms with Gasteiger partial charge < -0.3 is 19.8 Å². The quantitative estimate of drug-likeness (QED) is 0.264. The zero-order chi connectivity index (χ0) is 31.2. The van der Waals surface area contributed by atoms with Gasteiger partial charge in [0.15, 0.2) is 6.61 Å². The molecule has 3 aromatic carbocycles. The number of aromatic amines is 1. The van der Waals surface area contributed by atoms with Gasteiger partial charge in [0.05, 0.1) is 29.3 Å². The van der Waals surface area contributed by atoms with Crippen LogP contribution in [0.25, 0.3) is 0 Å². The van der Waals surface area contributed by atoms with E-state index in [1.807, 2.05) is 0 Å². The van der Waals surface area contributed by atoms with Crippen LogP contribution in [-0.2, 0) is 20.6 Å². The van der Waals surface area contributed by atoms with Crippen molar-refractivity contribution in [3.63, 3.8) is 0 Å². The van der Waals surface area contributed by atoms with E-state index < -0.39 is 53.2 Å². The number of aromatic nitrogens is 1. The van der Waals surface area contributed by atoms with Crippen molar-refractivity contribution >= 4 is 52.2 Å². The number of carbonyl (C=O) groups is 3. The summed E-state index contributed by atoms with van der Waals surface area (Å²) in [6.45, 7) is -0.502. The van der Waals surface area contributed by atoms with E-state index in [-0.39, 0.29) is 16.3 Å². The van der Waals surface area contributed by atoms with Gasteiger partial charge in [0, 0.05) is 16.5 Å². The number of hydrogen-bond acceptors (Lipinski definition) is 8. The van der Waals surface area contributed by atoms with Gasteiger partial charge in [0.25, 0.3) is 5.91 Å². The highest BCUT2D eigenvalue weighted by Crippen LogP contribution is 2.53. The van der Waals surface area contributed by atoms with Crippen LogP contribution in [0.4, 0.5) is 24.5 Å². The third-order valence-corrected chi connectivity index (χ3v) is 9.62. The van der Waals surface area contributed by atoms with Gasteiger partial charge in [0.2, 0.25) is 11.8 Å². The zero-order valence-corrected chi connectivity index (χ0v) is 24.3. The van der Waals surface area contributed by atoms with Crippen LogP contribution in [0.3, 0.4) is 0 Å². The number of benzene rings is 3. The van der Waals surface area contributed by atoms with Crippen LogP contribution in [0, 0.1) is 5.92 Å². The van der Waals surface area contributed by atoms with Crippen LogP contribution in [0.2, 0.25) is 0 Å². The number of nitrogens with zero attached hydrogens (tertiary/aromatic N) is 1. The first-order chi connectivity index (χ1) is 21.0. The van der Waals surface area contributed by atoms with Crippen LogP contribution in [0.15, 0.2) is 82.6 Å². The highest BCUT2D eigenvalue weighted by molar-refractivity contribution is 8.00. The van der Waals surface area contributed by atoms with Crippen LogP contribution in [0.1, 0.15) is 21.9 Å². The Balaban J connectivity index is 1.25. The van der Waals surface area contributed by atoms with Gasteiger partial charge >= 0.3 is 11.0 Å². The van der Waals surface area contributed by atoms with E-state index in [0.29, 0.717) is 26.9 Å². The minimum absolute atomic E-state index is 0.0337. The maximum Gasteiger partial charge on any atom is 0.416 e. The second kappa shape index (κ2) is 11.5. The lowest BCUT2D eigenvalue weighted by molar-refractivity contribution is -0.137. The molecule has 0 radical (unpaired) electrons. The summed E-state index contributed by atoms with van der Waals surface area (Å²) in [5.41, 5.74) is 0.0546. The van der Waals surface area contributed by atoms with Crippen LogP contribution in [-0.4, -0.2) is 41.7 Å². The fourth-order valence-corrected chi connectivity index (χ4v) is 7.79. The van der Waals surface area contributed by atoms with Gasteiger partial charge in [-0.3, -0.25) is 19.2 Å². The summed E-state index contributed by atoms with van der Waals surface area (Å²) in [5.74, 6) is -2.17. The maximum atomic E-state index is 13.9. The molecule has 3 heterocycles. The summed E-state index contributed by atoms with van der Waals surface area (Å²) >= 11 is 2.11. The van der Waals surface area contributed by atoms with E-state index in [1.54, 1.807) is 48.5 Å². The second-order valence-electron chi connectivity index (χ2n) is 9.95. The molecule has 0 saturated carbocycles. The first kappa shape index (κ1) is 29.5. The lowest BCUT2D eigenvalue weighted by Gasteiger charge is -2.30. The Kier molecular flexibility index (Phi) is 7.72. The Morgan fingerprint density at radius 1 is 0.977 bits per heavy atom. The van der Waals surface area contributed by atoms with E-state index in [0.717, 1.165) is 40.1 Å². The molecular weight excluding hydrogens is 619 g/mol. The zero-order valence-electron chi connectivity index (χ0n) is 22.7. The number of alkyl halides is 3. The first-order valence-electron chi connectivity index (χ1n) is 13.1. The van der Waals surface area contributed by atoms with E-state index in [9.17, 15) is 32.3 Å². The molecular formula is C30H22F3N3O6S2. The first-order valence-corrected chi connectivity index (χ1v) is 14.8. The number of fused-ring (bicyclic) bond motifs is 2. The summed E-state index contributed by atoms with van der Waals surface area (Å²) in [6.07, 6.45) is -4.56. The topological polar surface area (TPSA) is 118 Å². The number of amides is 3. The molecule has 4 aromatic rings. The molecule has 2 aliphatic heterocycles. The molecule has 44 heavy (non-hydrogen) atoms. The Bertz CT molecular complexity index is 1820. The van der Waals surface area contributed by atoms with Crippen LogP contribution >= 0.6 is 23.1 Å². The van der Waals surface area contributed by atoms with Gasteiger partial charge in [-0.1, -0.05) is 41.3 Å². The van der Waals surface area contributed by atoms with E-state index in [4.69, 9.17) is 9.47 Å². The summed E-state index contributed by atoms with van der Waals surface area (Å²) in [7, 11) is 1.51. The Morgan fingerprint density at radius 2 is 1.73 bits per heavy atom. The number of halogens is 3. The second-order valence-corrected chi connectivity index (χ2v) is 12.1. The average molecular weight is 642 g/mol. The number of ether oxygens (including phenoxy) is 2. The molecule has 226 valence electrons. The smallest absolute Gasteiger partial charge is 0.416 e. The van der Waals surface area contributed by atoms with Crippen molar-refractivity contribution in [2.75, 3.05) is 23.9 Å². The van der Waals surface area contributed by atoms with E-state index in [1.165, 1.54) is 19.2 Å². The SMILES string of the molecule is COc1ccc(N2C(=O)C3Sc4[nH]c(=O)sc4[C@H](c4cccc(OCC(=O)Nc5cccc(C(F)(F)F)c5)c4)C3C2=O)cc1. The summed E-state index contributed by atoms with van der Waals surface area (Å²) < 4.78 is 49.9. The molecule has 3 atom stereocenters. The highest BCUT2D eigenvalue weighted by atomic mass is 32.2. The van der Waals surface area contributed by atoms with Gasteiger partial charge in [0.1, 0.15) is 16.7 Å². The molecule has 1 aromatic heterocycles. The number of carbonyl (C=O) groups excluding carboxylic acids is 3. The number of anilines is 2. The van der Waals surface area contributed by atoms with Gasteiger partial charge in [-0.25, -0.2) is 4.90 Å². The number of thioether (sulfide) groups is 1. The van der Waals surface area contributed by atoms with Crippen molar-refractivity contribution < 1.29 is 37.0 Å². The maximum absolute atomic E-state index is 13.9. The van der Waals surface area contributed by atoms with Crippen molar-refractivity contribution in [2.45, 2.75) is 22.4 Å². The standard InChI is InChI=1S/C30H22F3N3O6S2/c1-41-19-10-8-18(9-11-19)36-27(38)23-22(24-26(35-29(40)44-24)43-25(23)28(36)39)15-4-2-7-20(12-15)42-14-21(37)34-17-6-3-5-16(13-17)30(31,32)33/h2-13,22-23,25H,14H2,1H3,(H,34,37)(H,35,40)/t22-,23?,25?/m1/s1. The molecule has 1 saturated heterocycles. The van der Waals surface area contributed by atoms with Crippen molar-refractivity contribution in [1.29, 1.82) is 0 Å². The van der Waals surface area contributed by atoms with Crippen molar-refractivity contribution in [2.24, 2.45) is 5.92 Å². The Hall–Kier alpha value is -4.56. The molecule has 0 spiro atoms. The monoisotopic (exact) mass is 641 g/mol. The lowest BCUT2D eigenvalue weighted by atomic mass is 9.83. The van der Waals surface area contributed by atoms with Crippen molar-refractivity contribution in [1.82, 2.24) is 4.98 Å². The van der Waals surface area contributed by atoms with Gasteiger partial charge in [-0.2, -0.15) is 13.2 Å². The number of imide groups is 1. The summed E-state index contributed by atoms with van der Waals surface area (Å²) in [6, 6.07) is 17.4. The number of hydrogen-bond donors (Lipinski definition) is 2. The summed E-state index contributed by atoms with van der Waals surface area (Å²) in [4.78, 5) is 56.6. The fourth-order valence-electron chi connectivity index (χ4n) is 5.28. The highest BCUT2D eigenvalue weighted by Gasteiger charge is 2.56. The average Bonchev–Trinajstić information content (AvgIpc) is 3.49.